The molecule has 0 saturated carbocycles. The Morgan fingerprint density at radius 3 is 2.83 bits per heavy atom. The summed E-state index contributed by atoms with van der Waals surface area (Å²) in [7, 11) is 1.79. The molecule has 164 valence electrons. The molecule has 2 heterocycles. The second-order valence-corrected chi connectivity index (χ2v) is 8.41. The zero-order valence-corrected chi connectivity index (χ0v) is 21.2. The number of halogens is 2. The largest absolute Gasteiger partial charge is 0.375 e. The Labute approximate surface area is 205 Å². The standard InChI is InChI=1S/C21H28ClN5OS.HI/c1-16-15-27(10-11-28-16)20-13-17(7-8-24-20)14-26-21(23-2)25-9-12-29-19-5-3-18(22)4-6-19;/h3-8,13,16H,9-12,14-15H2,1-2H3,(H2,23,25,26);1H. The van der Waals surface area contributed by atoms with Crippen LogP contribution in [0, 0.1) is 0 Å². The van der Waals surface area contributed by atoms with Crippen molar-refractivity contribution in [3.8, 4) is 0 Å². The van der Waals surface area contributed by atoms with Crippen molar-refractivity contribution >= 4 is 59.1 Å². The smallest absolute Gasteiger partial charge is 0.191 e. The summed E-state index contributed by atoms with van der Waals surface area (Å²) >= 11 is 7.71. The first kappa shape index (κ1) is 25.0. The van der Waals surface area contributed by atoms with E-state index in [4.69, 9.17) is 16.3 Å². The van der Waals surface area contributed by atoms with Crippen LogP contribution in [-0.2, 0) is 11.3 Å². The summed E-state index contributed by atoms with van der Waals surface area (Å²) in [6.45, 7) is 6.11. The topological polar surface area (TPSA) is 61.8 Å². The van der Waals surface area contributed by atoms with Gasteiger partial charge in [0.1, 0.15) is 5.82 Å². The Morgan fingerprint density at radius 1 is 1.30 bits per heavy atom. The number of pyridine rings is 1. The van der Waals surface area contributed by atoms with E-state index in [-0.39, 0.29) is 30.1 Å². The number of nitrogens with one attached hydrogen (secondary N) is 2. The molecule has 9 heteroatoms. The second-order valence-electron chi connectivity index (χ2n) is 6.80. The van der Waals surface area contributed by atoms with Crippen LogP contribution in [0.2, 0.25) is 5.02 Å². The van der Waals surface area contributed by atoms with E-state index in [0.717, 1.165) is 48.8 Å². The number of aliphatic imine (C=N–C) groups is 1. The monoisotopic (exact) mass is 561 g/mol. The van der Waals surface area contributed by atoms with Crippen LogP contribution in [0.1, 0.15) is 12.5 Å². The highest BCUT2D eigenvalue weighted by Gasteiger charge is 2.18. The van der Waals surface area contributed by atoms with Crippen LogP contribution in [0.25, 0.3) is 0 Å². The molecule has 30 heavy (non-hydrogen) atoms. The molecule has 0 aliphatic carbocycles. The van der Waals surface area contributed by atoms with Gasteiger partial charge in [-0.15, -0.1) is 35.7 Å². The summed E-state index contributed by atoms with van der Waals surface area (Å²) in [5.74, 6) is 2.73. The van der Waals surface area contributed by atoms with Crippen molar-refractivity contribution in [3.05, 3.63) is 53.2 Å². The third-order valence-electron chi connectivity index (χ3n) is 4.54. The molecular weight excluding hydrogens is 533 g/mol. The minimum absolute atomic E-state index is 0. The Kier molecular flexibility index (Phi) is 11.0. The molecule has 3 rings (SSSR count). The number of nitrogens with zero attached hydrogens (tertiary/aromatic N) is 3. The zero-order chi connectivity index (χ0) is 20.5. The lowest BCUT2D eigenvalue weighted by Crippen LogP contribution is -2.41. The van der Waals surface area contributed by atoms with E-state index < -0.39 is 0 Å². The molecule has 1 fully saturated rings. The summed E-state index contributed by atoms with van der Waals surface area (Å²) in [6.07, 6.45) is 2.10. The molecule has 1 aliphatic heterocycles. The number of thioether (sulfide) groups is 1. The van der Waals surface area contributed by atoms with Crippen LogP contribution >= 0.6 is 47.3 Å². The lowest BCUT2D eigenvalue weighted by molar-refractivity contribution is 0.0529. The van der Waals surface area contributed by atoms with Gasteiger partial charge in [0, 0.05) is 55.1 Å². The maximum Gasteiger partial charge on any atom is 0.191 e. The van der Waals surface area contributed by atoms with Crippen molar-refractivity contribution in [3.63, 3.8) is 0 Å². The number of hydrogen-bond acceptors (Lipinski definition) is 5. The van der Waals surface area contributed by atoms with Gasteiger partial charge in [-0.2, -0.15) is 0 Å². The summed E-state index contributed by atoms with van der Waals surface area (Å²) < 4.78 is 5.62. The molecule has 1 aromatic heterocycles. The van der Waals surface area contributed by atoms with Gasteiger partial charge in [-0.25, -0.2) is 4.98 Å². The van der Waals surface area contributed by atoms with Crippen molar-refractivity contribution in [2.24, 2.45) is 4.99 Å². The fourth-order valence-corrected chi connectivity index (χ4v) is 3.94. The van der Waals surface area contributed by atoms with E-state index >= 15 is 0 Å². The van der Waals surface area contributed by atoms with Crippen molar-refractivity contribution in [1.82, 2.24) is 15.6 Å². The van der Waals surface area contributed by atoms with Crippen LogP contribution < -0.4 is 15.5 Å². The first-order valence-corrected chi connectivity index (χ1v) is 11.1. The van der Waals surface area contributed by atoms with Gasteiger partial charge in [0.25, 0.3) is 0 Å². The average Bonchev–Trinajstić information content (AvgIpc) is 2.75. The molecule has 0 amide bonds. The predicted octanol–water partition coefficient (Wildman–Crippen LogP) is 4.04. The van der Waals surface area contributed by atoms with Crippen LogP contribution in [0.5, 0.6) is 0 Å². The molecule has 6 nitrogen and oxygen atoms in total. The average molecular weight is 562 g/mol. The Balaban J connectivity index is 0.00000320. The maximum absolute atomic E-state index is 5.92. The van der Waals surface area contributed by atoms with E-state index in [1.165, 1.54) is 10.5 Å². The summed E-state index contributed by atoms with van der Waals surface area (Å²) in [6, 6.07) is 12.1. The first-order chi connectivity index (χ1) is 14.1. The number of anilines is 1. The summed E-state index contributed by atoms with van der Waals surface area (Å²) in [5, 5.41) is 7.49. The van der Waals surface area contributed by atoms with Gasteiger partial charge in [0.2, 0.25) is 0 Å². The van der Waals surface area contributed by atoms with Crippen molar-refractivity contribution in [2.75, 3.05) is 43.9 Å². The molecule has 0 spiro atoms. The molecule has 1 unspecified atom stereocenters. The molecule has 2 aromatic rings. The lowest BCUT2D eigenvalue weighted by Gasteiger charge is -2.32. The first-order valence-electron chi connectivity index (χ1n) is 9.78. The van der Waals surface area contributed by atoms with Gasteiger partial charge in [-0.1, -0.05) is 11.6 Å². The molecule has 1 aromatic carbocycles. The molecule has 1 saturated heterocycles. The van der Waals surface area contributed by atoms with Gasteiger partial charge in [0.15, 0.2) is 5.96 Å². The van der Waals surface area contributed by atoms with Gasteiger partial charge < -0.3 is 20.3 Å². The Bertz CT molecular complexity index is 808. The van der Waals surface area contributed by atoms with Crippen molar-refractivity contribution in [1.29, 1.82) is 0 Å². The number of rotatable bonds is 7. The van der Waals surface area contributed by atoms with Crippen molar-refractivity contribution in [2.45, 2.75) is 24.5 Å². The molecule has 2 N–H and O–H groups in total. The number of ether oxygens (including phenoxy) is 1. The van der Waals surface area contributed by atoms with Crippen LogP contribution in [0.15, 0.2) is 52.5 Å². The minimum Gasteiger partial charge on any atom is -0.375 e. The summed E-state index contributed by atoms with van der Waals surface area (Å²) in [5.41, 5.74) is 1.17. The molecule has 1 aliphatic rings. The number of hydrogen-bond donors (Lipinski definition) is 2. The highest BCUT2D eigenvalue weighted by atomic mass is 127. The molecule has 0 radical (unpaired) electrons. The second kappa shape index (κ2) is 13.2. The number of aromatic nitrogens is 1. The third kappa shape index (κ3) is 8.13. The Hall–Kier alpha value is -1.23. The fourth-order valence-electron chi connectivity index (χ4n) is 3.05. The Morgan fingerprint density at radius 2 is 2.10 bits per heavy atom. The van der Waals surface area contributed by atoms with Gasteiger partial charge >= 0.3 is 0 Å². The quantitative estimate of drug-likeness (QED) is 0.175. The number of morpholine rings is 1. The third-order valence-corrected chi connectivity index (χ3v) is 5.80. The van der Waals surface area contributed by atoms with E-state index in [1.807, 2.05) is 36.5 Å². The molecule has 0 bridgehead atoms. The van der Waals surface area contributed by atoms with E-state index in [0.29, 0.717) is 6.54 Å². The van der Waals surface area contributed by atoms with Gasteiger partial charge in [-0.05, 0) is 48.9 Å². The van der Waals surface area contributed by atoms with Gasteiger partial charge in [-0.3, -0.25) is 4.99 Å². The van der Waals surface area contributed by atoms with Crippen LogP contribution in [0.3, 0.4) is 0 Å². The van der Waals surface area contributed by atoms with Crippen LogP contribution in [-0.4, -0.2) is 56.1 Å². The summed E-state index contributed by atoms with van der Waals surface area (Å²) in [4.78, 5) is 12.3. The normalized spacial score (nSPS) is 16.7. The molecule has 1 atom stereocenters. The SMILES string of the molecule is CN=C(NCCSc1ccc(Cl)cc1)NCc1ccnc(N2CCOC(C)C2)c1.I. The highest BCUT2D eigenvalue weighted by Crippen LogP contribution is 2.19. The maximum atomic E-state index is 5.92. The predicted molar refractivity (Wildman–Crippen MR) is 138 cm³/mol. The van der Waals surface area contributed by atoms with E-state index in [1.54, 1.807) is 18.8 Å². The number of guanidine groups is 1. The van der Waals surface area contributed by atoms with E-state index in [2.05, 4.69) is 38.5 Å². The molecular formula is C21H29ClIN5OS. The fraction of sp³-hybridized carbons (Fsp3) is 0.429. The zero-order valence-electron chi connectivity index (χ0n) is 17.3. The van der Waals surface area contributed by atoms with Crippen LogP contribution in [0.4, 0.5) is 5.82 Å². The van der Waals surface area contributed by atoms with Gasteiger partial charge in [0.05, 0.1) is 12.7 Å². The van der Waals surface area contributed by atoms with E-state index in [9.17, 15) is 0 Å². The highest BCUT2D eigenvalue weighted by molar-refractivity contribution is 14.0. The minimum atomic E-state index is 0. The number of benzene rings is 1. The lowest BCUT2D eigenvalue weighted by atomic mass is 10.2. The van der Waals surface area contributed by atoms with Crippen molar-refractivity contribution < 1.29 is 4.74 Å².